The number of aromatic amines is 1. The Hall–Kier alpha value is -4.19. The molecule has 37 heavy (non-hydrogen) atoms. The molecule has 1 saturated heterocycles. The van der Waals surface area contributed by atoms with E-state index in [0.717, 1.165) is 23.9 Å². The highest BCUT2D eigenvalue weighted by atomic mass is 19.4. The van der Waals surface area contributed by atoms with E-state index in [1.165, 1.54) is 18.3 Å². The highest BCUT2D eigenvalue weighted by molar-refractivity contribution is 5.94. The van der Waals surface area contributed by atoms with Crippen molar-refractivity contribution >= 4 is 28.1 Å². The molecule has 4 heterocycles. The number of ether oxygens (including phenoxy) is 1. The second kappa shape index (κ2) is 9.69. The average molecular weight is 515 g/mol. The molecule has 3 N–H and O–H groups in total. The van der Waals surface area contributed by atoms with E-state index in [1.807, 2.05) is 6.07 Å². The standard InChI is InChI=1S/C25H21F4N5O3/c26-18-3-2-16(37-25(27,28)29)11-17(18)20-12-21(23-19(32-20)5-8-30-24(23)36)33-22-4-1-14(13-31-22)34-9-6-15(35)7-10-34/h1-5,8,11-13,15,35H,6-7,9-10H2,(H,30,36)(H,31,32,33). The third-order valence-corrected chi connectivity index (χ3v) is 6.02. The highest BCUT2D eigenvalue weighted by Crippen LogP contribution is 2.33. The Labute approximate surface area is 207 Å². The lowest BCUT2D eigenvalue weighted by Gasteiger charge is -2.31. The Morgan fingerprint density at radius 3 is 2.59 bits per heavy atom. The molecule has 1 aliphatic heterocycles. The van der Waals surface area contributed by atoms with Crippen molar-refractivity contribution in [1.82, 2.24) is 15.0 Å². The molecule has 8 nitrogen and oxygen atoms in total. The molecule has 4 aromatic rings. The van der Waals surface area contributed by atoms with Crippen molar-refractivity contribution in [2.45, 2.75) is 25.3 Å². The zero-order valence-corrected chi connectivity index (χ0v) is 19.2. The van der Waals surface area contributed by atoms with Gasteiger partial charge in [-0.1, -0.05) is 0 Å². The van der Waals surface area contributed by atoms with Crippen LogP contribution in [0.4, 0.5) is 34.8 Å². The molecule has 0 atom stereocenters. The Morgan fingerprint density at radius 1 is 1.11 bits per heavy atom. The molecule has 1 fully saturated rings. The van der Waals surface area contributed by atoms with Gasteiger partial charge >= 0.3 is 6.36 Å². The van der Waals surface area contributed by atoms with Crippen LogP contribution in [0.1, 0.15) is 12.8 Å². The van der Waals surface area contributed by atoms with E-state index in [-0.39, 0.29) is 34.0 Å². The van der Waals surface area contributed by atoms with Gasteiger partial charge in [0.15, 0.2) is 0 Å². The van der Waals surface area contributed by atoms with Crippen LogP contribution < -0.4 is 20.5 Å². The molecule has 0 aliphatic carbocycles. The predicted octanol–water partition coefficient (Wildman–Crippen LogP) is 4.73. The number of anilines is 3. The summed E-state index contributed by atoms with van der Waals surface area (Å²) in [5.41, 5.74) is 0.617. The number of aliphatic hydroxyl groups is 1. The smallest absolute Gasteiger partial charge is 0.406 e. The summed E-state index contributed by atoms with van der Waals surface area (Å²) in [6.07, 6.45) is -0.888. The summed E-state index contributed by atoms with van der Waals surface area (Å²) in [7, 11) is 0. The van der Waals surface area contributed by atoms with Crippen LogP contribution in [0, 0.1) is 5.82 Å². The van der Waals surface area contributed by atoms with Gasteiger partial charge in [-0.05, 0) is 55.3 Å². The maximum Gasteiger partial charge on any atom is 0.573 e. The van der Waals surface area contributed by atoms with Gasteiger partial charge < -0.3 is 25.0 Å². The van der Waals surface area contributed by atoms with Gasteiger partial charge in [-0.2, -0.15) is 0 Å². The van der Waals surface area contributed by atoms with Crippen LogP contribution >= 0.6 is 0 Å². The number of piperidine rings is 1. The second-order valence-electron chi connectivity index (χ2n) is 8.56. The van der Waals surface area contributed by atoms with Gasteiger partial charge in [0.05, 0.1) is 40.3 Å². The van der Waals surface area contributed by atoms with Crippen molar-refractivity contribution in [3.8, 4) is 17.0 Å². The molecule has 0 saturated carbocycles. The Kier molecular flexibility index (Phi) is 6.42. The summed E-state index contributed by atoms with van der Waals surface area (Å²) in [4.78, 5) is 26.0. The lowest BCUT2D eigenvalue weighted by molar-refractivity contribution is -0.274. The molecule has 1 aromatic carbocycles. The topological polar surface area (TPSA) is 103 Å². The lowest BCUT2D eigenvalue weighted by atomic mass is 10.1. The highest BCUT2D eigenvalue weighted by Gasteiger charge is 2.31. The quantitative estimate of drug-likeness (QED) is 0.330. The van der Waals surface area contributed by atoms with E-state index in [2.05, 4.69) is 29.9 Å². The normalized spacial score (nSPS) is 14.7. The lowest BCUT2D eigenvalue weighted by Crippen LogP contribution is -2.35. The molecule has 0 amide bonds. The minimum Gasteiger partial charge on any atom is -0.406 e. The van der Waals surface area contributed by atoms with E-state index in [9.17, 15) is 27.5 Å². The van der Waals surface area contributed by atoms with E-state index in [1.54, 1.807) is 12.3 Å². The first-order valence-electron chi connectivity index (χ1n) is 11.4. The number of alkyl halides is 3. The number of H-pyrrole nitrogens is 1. The molecular formula is C25H21F4N5O3. The minimum atomic E-state index is -4.95. The number of pyridine rings is 3. The van der Waals surface area contributed by atoms with Crippen LogP contribution in [0.2, 0.25) is 0 Å². The number of halogens is 4. The van der Waals surface area contributed by atoms with Gasteiger partial charge in [-0.15, -0.1) is 13.2 Å². The molecule has 0 radical (unpaired) electrons. The first-order valence-corrected chi connectivity index (χ1v) is 11.4. The number of benzene rings is 1. The first-order chi connectivity index (χ1) is 17.7. The zero-order chi connectivity index (χ0) is 26.2. The molecule has 12 heteroatoms. The minimum absolute atomic E-state index is 0.00535. The van der Waals surface area contributed by atoms with Gasteiger partial charge in [0, 0.05) is 24.8 Å². The second-order valence-corrected chi connectivity index (χ2v) is 8.56. The number of hydrogen-bond donors (Lipinski definition) is 3. The van der Waals surface area contributed by atoms with Crippen molar-refractivity contribution in [2.24, 2.45) is 0 Å². The summed E-state index contributed by atoms with van der Waals surface area (Å²) in [6.45, 7) is 1.40. The van der Waals surface area contributed by atoms with Crippen LogP contribution in [-0.4, -0.2) is 45.6 Å². The molecule has 0 bridgehead atoms. The Morgan fingerprint density at radius 2 is 1.89 bits per heavy atom. The molecule has 192 valence electrons. The fraction of sp³-hybridized carbons (Fsp3) is 0.240. The first kappa shape index (κ1) is 24.5. The SMILES string of the molecule is O=c1[nH]ccc2nc(-c3cc(OC(F)(F)F)ccc3F)cc(Nc3ccc(N4CCC(O)CC4)cn3)c12. The number of aliphatic hydroxyl groups excluding tert-OH is 1. The Bertz CT molecular complexity index is 1480. The third kappa shape index (κ3) is 5.48. The summed E-state index contributed by atoms with van der Waals surface area (Å²) >= 11 is 0. The van der Waals surface area contributed by atoms with E-state index < -0.39 is 23.5 Å². The molecule has 0 unspecified atom stereocenters. The number of fused-ring (bicyclic) bond motifs is 1. The Balaban J connectivity index is 1.51. The number of nitrogens with zero attached hydrogens (tertiary/aromatic N) is 3. The number of nitrogens with one attached hydrogen (secondary N) is 2. The van der Waals surface area contributed by atoms with Crippen LogP contribution in [0.15, 0.2) is 59.7 Å². The van der Waals surface area contributed by atoms with Crippen LogP contribution in [-0.2, 0) is 0 Å². The van der Waals surface area contributed by atoms with Crippen molar-refractivity contribution in [3.05, 3.63) is 71.0 Å². The van der Waals surface area contributed by atoms with Crippen molar-refractivity contribution < 1.29 is 27.4 Å². The monoisotopic (exact) mass is 515 g/mol. The molecule has 0 spiro atoms. The van der Waals surface area contributed by atoms with E-state index >= 15 is 0 Å². The number of rotatable bonds is 5. The van der Waals surface area contributed by atoms with Gasteiger partial charge in [0.25, 0.3) is 5.56 Å². The number of hydrogen-bond acceptors (Lipinski definition) is 7. The zero-order valence-electron chi connectivity index (χ0n) is 19.2. The van der Waals surface area contributed by atoms with Crippen LogP contribution in [0.3, 0.4) is 0 Å². The fourth-order valence-corrected chi connectivity index (χ4v) is 4.24. The van der Waals surface area contributed by atoms with Crippen molar-refractivity contribution in [2.75, 3.05) is 23.3 Å². The van der Waals surface area contributed by atoms with E-state index in [0.29, 0.717) is 31.7 Å². The van der Waals surface area contributed by atoms with Gasteiger partial charge in [-0.3, -0.25) is 4.79 Å². The van der Waals surface area contributed by atoms with Gasteiger partial charge in [0.1, 0.15) is 17.4 Å². The van der Waals surface area contributed by atoms with Crippen molar-refractivity contribution in [3.63, 3.8) is 0 Å². The summed E-state index contributed by atoms with van der Waals surface area (Å²) in [5.74, 6) is -1.03. The fourth-order valence-electron chi connectivity index (χ4n) is 4.24. The van der Waals surface area contributed by atoms with Crippen LogP contribution in [0.5, 0.6) is 5.75 Å². The molecular weight excluding hydrogens is 494 g/mol. The van der Waals surface area contributed by atoms with Crippen molar-refractivity contribution in [1.29, 1.82) is 0 Å². The molecule has 1 aliphatic rings. The maximum absolute atomic E-state index is 14.7. The number of aromatic nitrogens is 3. The molecule has 3 aromatic heterocycles. The molecule has 5 rings (SSSR count). The van der Waals surface area contributed by atoms with Gasteiger partial charge in [-0.25, -0.2) is 14.4 Å². The predicted molar refractivity (Wildman–Crippen MR) is 129 cm³/mol. The summed E-state index contributed by atoms with van der Waals surface area (Å²) < 4.78 is 56.7. The largest absolute Gasteiger partial charge is 0.573 e. The third-order valence-electron chi connectivity index (χ3n) is 6.02. The summed E-state index contributed by atoms with van der Waals surface area (Å²) in [5, 5.41) is 12.9. The average Bonchev–Trinajstić information content (AvgIpc) is 2.85. The van der Waals surface area contributed by atoms with E-state index in [4.69, 9.17) is 0 Å². The summed E-state index contributed by atoms with van der Waals surface area (Å²) in [6, 6.07) is 9.05. The van der Waals surface area contributed by atoms with Crippen LogP contribution in [0.25, 0.3) is 22.2 Å². The van der Waals surface area contributed by atoms with Gasteiger partial charge in [0.2, 0.25) is 0 Å². The maximum atomic E-state index is 14.7.